The minimum Gasteiger partial charge on any atom is -0.323 e. The van der Waals surface area contributed by atoms with Gasteiger partial charge in [-0.2, -0.15) is 0 Å². The highest BCUT2D eigenvalue weighted by atomic mass is 14.8. The molecule has 0 unspecified atom stereocenters. The van der Waals surface area contributed by atoms with Gasteiger partial charge in [-0.1, -0.05) is 30.4 Å². The molecule has 0 heterocycles. The fraction of sp³-hybridized carbons (Fsp3) is 0.529. The molecule has 2 N–H and O–H groups in total. The average molecular weight is 239 g/mol. The summed E-state index contributed by atoms with van der Waals surface area (Å²) in [5, 5.41) is 0. The third-order valence-corrected chi connectivity index (χ3v) is 5.92. The lowest BCUT2D eigenvalue weighted by Crippen LogP contribution is -2.34. The summed E-state index contributed by atoms with van der Waals surface area (Å²) in [5.41, 5.74) is 12.9. The molecule has 0 aliphatic heterocycles. The van der Waals surface area contributed by atoms with Gasteiger partial charge < -0.3 is 5.73 Å². The molecule has 0 radical (unpaired) electrons. The van der Waals surface area contributed by atoms with E-state index in [4.69, 9.17) is 5.73 Å². The molecule has 1 nitrogen and oxygen atoms in total. The third kappa shape index (κ3) is 1.07. The molecule has 2 fully saturated rings. The van der Waals surface area contributed by atoms with Crippen LogP contribution in [0.4, 0.5) is 0 Å². The lowest BCUT2D eigenvalue weighted by Gasteiger charge is -2.39. The molecule has 1 heteroatoms. The van der Waals surface area contributed by atoms with Gasteiger partial charge in [-0.25, -0.2) is 0 Å². The van der Waals surface area contributed by atoms with Crippen LogP contribution in [-0.2, 0) is 0 Å². The van der Waals surface area contributed by atoms with Crippen LogP contribution < -0.4 is 5.73 Å². The summed E-state index contributed by atoms with van der Waals surface area (Å²) in [7, 11) is 0. The van der Waals surface area contributed by atoms with Crippen molar-refractivity contribution in [3.05, 3.63) is 47.0 Å². The van der Waals surface area contributed by atoms with Gasteiger partial charge in [0, 0.05) is 11.5 Å². The summed E-state index contributed by atoms with van der Waals surface area (Å²) in [6, 6.07) is 6.98. The SMILES string of the molecule is C=C1C[C@]23C[C@H]1CC[C@H]2c1cccc(C)c1[C@@H]3N. The van der Waals surface area contributed by atoms with Crippen molar-refractivity contribution < 1.29 is 0 Å². The second kappa shape index (κ2) is 3.27. The fourth-order valence-corrected chi connectivity index (χ4v) is 5.11. The number of fused-ring (bicyclic) bond motifs is 3. The van der Waals surface area contributed by atoms with Gasteiger partial charge in [0.2, 0.25) is 0 Å². The lowest BCUT2D eigenvalue weighted by molar-refractivity contribution is 0.153. The minimum atomic E-state index is 0.237. The Bertz CT molecular complexity index is 545. The Labute approximate surface area is 109 Å². The van der Waals surface area contributed by atoms with Crippen LogP contribution in [0.5, 0.6) is 0 Å². The predicted molar refractivity (Wildman–Crippen MR) is 74.4 cm³/mol. The topological polar surface area (TPSA) is 26.0 Å². The molecule has 2 bridgehead atoms. The highest BCUT2D eigenvalue weighted by Crippen LogP contribution is 2.68. The summed E-state index contributed by atoms with van der Waals surface area (Å²) in [5.74, 6) is 1.44. The highest BCUT2D eigenvalue weighted by molar-refractivity contribution is 5.49. The maximum absolute atomic E-state index is 6.70. The van der Waals surface area contributed by atoms with Crippen molar-refractivity contribution in [2.45, 2.75) is 44.6 Å². The minimum absolute atomic E-state index is 0.237. The standard InChI is InChI=1S/C17H21N/c1-10-4-3-5-13-14-7-6-12-9-17(14,8-11(12)2)16(18)15(10)13/h3-5,12,14,16H,2,6-9,18H2,1H3/t12-,14+,16+,17+/m1/s1. The zero-order valence-electron chi connectivity index (χ0n) is 11.1. The van der Waals surface area contributed by atoms with E-state index < -0.39 is 0 Å². The van der Waals surface area contributed by atoms with E-state index in [0.29, 0.717) is 11.3 Å². The number of benzene rings is 1. The van der Waals surface area contributed by atoms with Gasteiger partial charge >= 0.3 is 0 Å². The van der Waals surface area contributed by atoms with E-state index >= 15 is 0 Å². The predicted octanol–water partition coefficient (Wildman–Crippen LogP) is 3.84. The molecular formula is C17H21N. The molecule has 1 aromatic rings. The van der Waals surface area contributed by atoms with Gasteiger partial charge in [0.05, 0.1) is 0 Å². The van der Waals surface area contributed by atoms with E-state index in [0.717, 1.165) is 12.3 Å². The Kier molecular flexibility index (Phi) is 1.96. The summed E-state index contributed by atoms with van der Waals surface area (Å²) in [6.07, 6.45) is 5.09. The average Bonchev–Trinajstić information content (AvgIpc) is 2.75. The Morgan fingerprint density at radius 2 is 2.17 bits per heavy atom. The van der Waals surface area contributed by atoms with Crippen LogP contribution in [0.3, 0.4) is 0 Å². The highest BCUT2D eigenvalue weighted by Gasteiger charge is 2.58. The van der Waals surface area contributed by atoms with Crippen LogP contribution in [0.15, 0.2) is 30.4 Å². The zero-order valence-corrected chi connectivity index (χ0v) is 11.1. The summed E-state index contributed by atoms with van der Waals surface area (Å²) in [4.78, 5) is 0. The number of hydrogen-bond donors (Lipinski definition) is 1. The van der Waals surface area contributed by atoms with Crippen molar-refractivity contribution in [3.63, 3.8) is 0 Å². The van der Waals surface area contributed by atoms with Gasteiger partial charge in [-0.05, 0) is 61.1 Å². The second-order valence-corrected chi connectivity index (χ2v) is 6.65. The Hall–Kier alpha value is -1.08. The van der Waals surface area contributed by atoms with Crippen LogP contribution in [0.1, 0.15) is 54.3 Å². The summed E-state index contributed by atoms with van der Waals surface area (Å²) in [6.45, 7) is 6.53. The van der Waals surface area contributed by atoms with Crippen molar-refractivity contribution in [2.75, 3.05) is 0 Å². The first kappa shape index (κ1) is 10.8. The van der Waals surface area contributed by atoms with E-state index in [2.05, 4.69) is 31.7 Å². The number of aryl methyl sites for hydroxylation is 1. The molecule has 4 atom stereocenters. The molecule has 18 heavy (non-hydrogen) atoms. The van der Waals surface area contributed by atoms with Crippen molar-refractivity contribution in [3.8, 4) is 0 Å². The van der Waals surface area contributed by atoms with Crippen molar-refractivity contribution in [1.82, 2.24) is 0 Å². The maximum Gasteiger partial charge on any atom is 0.0366 e. The first-order valence-electron chi connectivity index (χ1n) is 7.16. The van der Waals surface area contributed by atoms with Crippen LogP contribution in [-0.4, -0.2) is 0 Å². The Balaban J connectivity index is 1.93. The zero-order chi connectivity index (χ0) is 12.5. The quantitative estimate of drug-likeness (QED) is 0.684. The largest absolute Gasteiger partial charge is 0.323 e. The van der Waals surface area contributed by atoms with Gasteiger partial charge in [0.15, 0.2) is 0 Å². The Morgan fingerprint density at radius 3 is 3.00 bits per heavy atom. The molecular weight excluding hydrogens is 218 g/mol. The molecule has 0 amide bonds. The van der Waals surface area contributed by atoms with Crippen molar-refractivity contribution >= 4 is 0 Å². The first-order chi connectivity index (χ1) is 8.63. The second-order valence-electron chi connectivity index (χ2n) is 6.65. The Morgan fingerprint density at radius 1 is 1.33 bits per heavy atom. The van der Waals surface area contributed by atoms with E-state index in [9.17, 15) is 0 Å². The third-order valence-electron chi connectivity index (χ3n) is 5.92. The molecule has 2 saturated carbocycles. The van der Waals surface area contributed by atoms with Crippen molar-refractivity contribution in [2.24, 2.45) is 17.1 Å². The molecule has 0 saturated heterocycles. The maximum atomic E-state index is 6.70. The summed E-state index contributed by atoms with van der Waals surface area (Å²) >= 11 is 0. The first-order valence-corrected chi connectivity index (χ1v) is 7.16. The van der Waals surface area contributed by atoms with Gasteiger partial charge in [0.1, 0.15) is 0 Å². The van der Waals surface area contributed by atoms with E-state index in [-0.39, 0.29) is 6.04 Å². The van der Waals surface area contributed by atoms with E-state index in [1.54, 1.807) is 5.56 Å². The van der Waals surface area contributed by atoms with Gasteiger partial charge in [-0.3, -0.25) is 0 Å². The number of nitrogens with two attached hydrogens (primary N) is 1. The van der Waals surface area contributed by atoms with Gasteiger partial charge in [0.25, 0.3) is 0 Å². The monoisotopic (exact) mass is 239 g/mol. The normalized spacial score (nSPS) is 40.8. The molecule has 3 aliphatic rings. The van der Waals surface area contributed by atoms with E-state index in [1.165, 1.54) is 36.0 Å². The lowest BCUT2D eigenvalue weighted by atomic mass is 9.66. The van der Waals surface area contributed by atoms with Crippen molar-refractivity contribution in [1.29, 1.82) is 0 Å². The molecule has 1 aromatic carbocycles. The molecule has 1 spiro atoms. The fourth-order valence-electron chi connectivity index (χ4n) is 5.11. The number of hydrogen-bond acceptors (Lipinski definition) is 1. The van der Waals surface area contributed by atoms with Crippen LogP contribution in [0.25, 0.3) is 0 Å². The number of rotatable bonds is 0. The van der Waals surface area contributed by atoms with Crippen LogP contribution in [0, 0.1) is 18.3 Å². The smallest absolute Gasteiger partial charge is 0.0366 e. The molecule has 3 aliphatic carbocycles. The molecule has 4 rings (SSSR count). The number of allylic oxidation sites excluding steroid dienone is 1. The summed E-state index contributed by atoms with van der Waals surface area (Å²) < 4.78 is 0. The van der Waals surface area contributed by atoms with Gasteiger partial charge in [-0.15, -0.1) is 0 Å². The van der Waals surface area contributed by atoms with Crippen LogP contribution >= 0.6 is 0 Å². The van der Waals surface area contributed by atoms with Crippen LogP contribution in [0.2, 0.25) is 0 Å². The molecule has 94 valence electrons. The molecule has 0 aromatic heterocycles. The van der Waals surface area contributed by atoms with E-state index in [1.807, 2.05) is 0 Å².